The summed E-state index contributed by atoms with van der Waals surface area (Å²) >= 11 is 0. The first kappa shape index (κ1) is 29.4. The highest BCUT2D eigenvalue weighted by Gasteiger charge is 2.30. The van der Waals surface area contributed by atoms with E-state index in [1.165, 1.54) is 22.0 Å². The summed E-state index contributed by atoms with van der Waals surface area (Å²) < 4.78 is 60.5. The van der Waals surface area contributed by atoms with Crippen molar-refractivity contribution in [3.63, 3.8) is 0 Å². The lowest BCUT2D eigenvalue weighted by Crippen LogP contribution is -2.40. The standard InChI is InChI=1S/C30H35N3O6S2/c34-30(26-7-4-8-29(22-26)41(37,38)33-17-19-39-20-18-33)23-31-27-9-11-28(12-10-27)40(35,36)32-15-13-25(14-16-32)21-24-5-2-1-3-6-24/h1-12,22,25,31H,13-21,23H2. The highest BCUT2D eigenvalue weighted by atomic mass is 32.2. The van der Waals surface area contributed by atoms with Gasteiger partial charge in [0.05, 0.1) is 29.5 Å². The fourth-order valence-electron chi connectivity index (χ4n) is 5.25. The van der Waals surface area contributed by atoms with Crippen molar-refractivity contribution in [1.82, 2.24) is 8.61 Å². The number of sulfonamides is 2. The molecule has 0 aliphatic carbocycles. The van der Waals surface area contributed by atoms with Crippen molar-refractivity contribution in [2.24, 2.45) is 5.92 Å². The Bertz CT molecular complexity index is 1550. The SMILES string of the molecule is O=C(CNc1ccc(S(=O)(=O)N2CCC(Cc3ccccc3)CC2)cc1)c1cccc(S(=O)(=O)N2CCOCC2)c1. The molecule has 2 heterocycles. The number of carbonyl (C=O) groups excluding carboxylic acids is 1. The van der Waals surface area contributed by atoms with Crippen LogP contribution in [-0.4, -0.2) is 77.2 Å². The van der Waals surface area contributed by atoms with Crippen molar-refractivity contribution in [2.75, 3.05) is 51.3 Å². The van der Waals surface area contributed by atoms with Gasteiger partial charge in [-0.3, -0.25) is 4.79 Å². The van der Waals surface area contributed by atoms with Crippen LogP contribution in [0.15, 0.2) is 88.7 Å². The zero-order valence-corrected chi connectivity index (χ0v) is 24.4. The van der Waals surface area contributed by atoms with Gasteiger partial charge in [-0.25, -0.2) is 16.8 Å². The lowest BCUT2D eigenvalue weighted by Gasteiger charge is -2.31. The number of hydrogen-bond donors (Lipinski definition) is 1. The van der Waals surface area contributed by atoms with E-state index in [1.807, 2.05) is 18.2 Å². The van der Waals surface area contributed by atoms with Gasteiger partial charge in [0.25, 0.3) is 0 Å². The molecule has 0 bridgehead atoms. The molecule has 3 aromatic carbocycles. The molecule has 0 radical (unpaired) electrons. The normalized spacial score (nSPS) is 17.8. The number of ether oxygens (including phenoxy) is 1. The first-order valence-electron chi connectivity index (χ1n) is 13.8. The molecule has 0 aromatic heterocycles. The first-order chi connectivity index (χ1) is 19.7. The van der Waals surface area contributed by atoms with Crippen LogP contribution in [0, 0.1) is 5.92 Å². The molecule has 0 spiro atoms. The van der Waals surface area contributed by atoms with E-state index in [1.54, 1.807) is 40.7 Å². The van der Waals surface area contributed by atoms with Gasteiger partial charge < -0.3 is 10.1 Å². The molecule has 3 aromatic rings. The van der Waals surface area contributed by atoms with Crippen molar-refractivity contribution >= 4 is 31.5 Å². The van der Waals surface area contributed by atoms with Crippen LogP contribution < -0.4 is 5.32 Å². The lowest BCUT2D eigenvalue weighted by atomic mass is 9.91. The molecule has 2 saturated heterocycles. The number of benzene rings is 3. The van der Waals surface area contributed by atoms with Crippen LogP contribution in [0.3, 0.4) is 0 Å². The quantitative estimate of drug-likeness (QED) is 0.355. The maximum absolute atomic E-state index is 13.2. The third-order valence-corrected chi connectivity index (χ3v) is 11.5. The van der Waals surface area contributed by atoms with Gasteiger partial charge in [0.15, 0.2) is 5.78 Å². The zero-order chi connectivity index (χ0) is 28.9. The maximum Gasteiger partial charge on any atom is 0.243 e. The summed E-state index contributed by atoms with van der Waals surface area (Å²) in [4.78, 5) is 13.1. The number of hydrogen-bond acceptors (Lipinski definition) is 7. The number of nitrogens with one attached hydrogen (secondary N) is 1. The number of carbonyl (C=O) groups is 1. The summed E-state index contributed by atoms with van der Waals surface area (Å²) in [6.07, 6.45) is 2.61. The maximum atomic E-state index is 13.2. The summed E-state index contributed by atoms with van der Waals surface area (Å²) in [6, 6.07) is 22.7. The number of piperidine rings is 1. The summed E-state index contributed by atoms with van der Waals surface area (Å²) in [6.45, 7) is 2.16. The van der Waals surface area contributed by atoms with E-state index in [9.17, 15) is 21.6 Å². The Hall–Kier alpha value is -3.09. The molecule has 2 fully saturated rings. The van der Waals surface area contributed by atoms with Crippen LogP contribution in [0.25, 0.3) is 0 Å². The molecule has 41 heavy (non-hydrogen) atoms. The van der Waals surface area contributed by atoms with Gasteiger partial charge in [-0.15, -0.1) is 0 Å². The molecule has 9 nitrogen and oxygen atoms in total. The van der Waals surface area contributed by atoms with E-state index in [0.29, 0.717) is 37.9 Å². The van der Waals surface area contributed by atoms with Crippen LogP contribution in [0.4, 0.5) is 5.69 Å². The van der Waals surface area contributed by atoms with Gasteiger partial charge in [-0.2, -0.15) is 8.61 Å². The molecular formula is C30H35N3O6S2. The predicted octanol–water partition coefficient (Wildman–Crippen LogP) is 3.65. The predicted molar refractivity (Wildman–Crippen MR) is 157 cm³/mol. The average molecular weight is 598 g/mol. The molecule has 218 valence electrons. The number of Topliss-reactive ketones (excluding diaryl/α,β-unsaturated/α-hetero) is 1. The number of ketones is 1. The summed E-state index contributed by atoms with van der Waals surface area (Å²) in [5.74, 6) is 0.187. The molecule has 0 saturated carbocycles. The molecule has 1 N–H and O–H groups in total. The minimum absolute atomic E-state index is 0.0674. The van der Waals surface area contributed by atoms with Crippen molar-refractivity contribution in [2.45, 2.75) is 29.1 Å². The lowest BCUT2D eigenvalue weighted by molar-refractivity contribution is 0.0730. The second-order valence-electron chi connectivity index (χ2n) is 10.4. The monoisotopic (exact) mass is 597 g/mol. The first-order valence-corrected chi connectivity index (χ1v) is 16.7. The van der Waals surface area contributed by atoms with Crippen LogP contribution >= 0.6 is 0 Å². The van der Waals surface area contributed by atoms with Crippen LogP contribution in [-0.2, 0) is 31.2 Å². The Morgan fingerprint density at radius 3 is 2.07 bits per heavy atom. The number of nitrogens with zero attached hydrogens (tertiary/aromatic N) is 2. The van der Waals surface area contributed by atoms with Gasteiger partial charge in [-0.1, -0.05) is 42.5 Å². The Morgan fingerprint density at radius 1 is 0.756 bits per heavy atom. The van der Waals surface area contributed by atoms with E-state index in [0.717, 1.165) is 19.3 Å². The fraction of sp³-hybridized carbons (Fsp3) is 0.367. The Labute approximate surface area is 242 Å². The van der Waals surface area contributed by atoms with E-state index in [2.05, 4.69) is 17.4 Å². The van der Waals surface area contributed by atoms with Gasteiger partial charge in [0.1, 0.15) is 0 Å². The van der Waals surface area contributed by atoms with Gasteiger partial charge in [0, 0.05) is 37.4 Å². The average Bonchev–Trinajstić information content (AvgIpc) is 3.01. The molecule has 2 aliphatic rings. The van der Waals surface area contributed by atoms with E-state index >= 15 is 0 Å². The van der Waals surface area contributed by atoms with E-state index < -0.39 is 20.0 Å². The highest BCUT2D eigenvalue weighted by molar-refractivity contribution is 7.89. The third-order valence-electron chi connectivity index (χ3n) is 7.65. The molecule has 11 heteroatoms. The second-order valence-corrected chi connectivity index (χ2v) is 14.3. The summed E-state index contributed by atoms with van der Waals surface area (Å²) in [5.41, 5.74) is 2.15. The van der Waals surface area contributed by atoms with Crippen LogP contribution in [0.1, 0.15) is 28.8 Å². The van der Waals surface area contributed by atoms with Crippen molar-refractivity contribution in [3.8, 4) is 0 Å². The molecule has 0 atom stereocenters. The zero-order valence-electron chi connectivity index (χ0n) is 22.8. The van der Waals surface area contributed by atoms with Gasteiger partial charge >= 0.3 is 0 Å². The third kappa shape index (κ3) is 7.04. The number of anilines is 1. The molecule has 2 aliphatic heterocycles. The molecular weight excluding hydrogens is 562 g/mol. The fourth-order valence-corrected chi connectivity index (χ4v) is 8.17. The molecule has 0 amide bonds. The minimum atomic E-state index is -3.71. The van der Waals surface area contributed by atoms with Crippen LogP contribution in [0.2, 0.25) is 0 Å². The Kier molecular flexibility index (Phi) is 9.20. The number of morpholine rings is 1. The van der Waals surface area contributed by atoms with Gasteiger partial charge in [0.2, 0.25) is 20.0 Å². The number of rotatable bonds is 10. The molecule has 0 unspecified atom stereocenters. The molecule has 5 rings (SSSR count). The van der Waals surface area contributed by atoms with Crippen molar-refractivity contribution in [3.05, 3.63) is 90.0 Å². The van der Waals surface area contributed by atoms with E-state index in [-0.39, 0.29) is 40.8 Å². The van der Waals surface area contributed by atoms with Crippen molar-refractivity contribution < 1.29 is 26.4 Å². The Morgan fingerprint density at radius 2 is 1.39 bits per heavy atom. The van der Waals surface area contributed by atoms with Gasteiger partial charge in [-0.05, 0) is 67.1 Å². The minimum Gasteiger partial charge on any atom is -0.379 e. The van der Waals surface area contributed by atoms with Crippen LogP contribution in [0.5, 0.6) is 0 Å². The van der Waals surface area contributed by atoms with Crippen molar-refractivity contribution in [1.29, 1.82) is 0 Å². The second kappa shape index (κ2) is 12.8. The largest absolute Gasteiger partial charge is 0.379 e. The smallest absolute Gasteiger partial charge is 0.243 e. The topological polar surface area (TPSA) is 113 Å². The highest BCUT2D eigenvalue weighted by Crippen LogP contribution is 2.27. The summed E-state index contributed by atoms with van der Waals surface area (Å²) in [5, 5.41) is 3.02. The van der Waals surface area contributed by atoms with E-state index in [4.69, 9.17) is 4.74 Å². The summed E-state index contributed by atoms with van der Waals surface area (Å²) in [7, 11) is -7.32. The Balaban J connectivity index is 1.15.